The van der Waals surface area contributed by atoms with Crippen LogP contribution in [0.5, 0.6) is 11.5 Å². The van der Waals surface area contributed by atoms with Crippen molar-refractivity contribution in [2.24, 2.45) is 5.73 Å². The van der Waals surface area contributed by atoms with Crippen LogP contribution in [0.4, 0.5) is 5.69 Å². The Hall–Kier alpha value is -2.80. The van der Waals surface area contributed by atoms with Gasteiger partial charge in [0.15, 0.2) is 28.9 Å². The van der Waals surface area contributed by atoms with Crippen molar-refractivity contribution in [3.63, 3.8) is 0 Å². The van der Waals surface area contributed by atoms with Gasteiger partial charge in [0.25, 0.3) is 0 Å². The number of aromatic nitrogens is 1. The number of pyridine rings is 1. The highest BCUT2D eigenvalue weighted by Gasteiger charge is 2.18. The Balaban J connectivity index is 2.04. The van der Waals surface area contributed by atoms with E-state index in [2.05, 4.69) is 0 Å². The van der Waals surface area contributed by atoms with Gasteiger partial charge < -0.3 is 25.2 Å². The lowest BCUT2D eigenvalue weighted by Gasteiger charge is -2.21. The van der Waals surface area contributed by atoms with Gasteiger partial charge in [-0.2, -0.15) is 4.57 Å². The van der Waals surface area contributed by atoms with Crippen LogP contribution in [0.3, 0.4) is 0 Å². The van der Waals surface area contributed by atoms with E-state index in [-0.39, 0.29) is 16.4 Å². The molecule has 0 amide bonds. The molecule has 7 heteroatoms. The van der Waals surface area contributed by atoms with Gasteiger partial charge in [0.2, 0.25) is 5.70 Å². The van der Waals surface area contributed by atoms with Crippen molar-refractivity contribution in [1.29, 1.82) is 0 Å². The zero-order valence-electron chi connectivity index (χ0n) is 14.1. The van der Waals surface area contributed by atoms with Crippen LogP contribution in [-0.4, -0.2) is 32.3 Å². The normalized spacial score (nSPS) is 13.8. The largest absolute Gasteiger partial charge is 0.867 e. The fourth-order valence-corrected chi connectivity index (χ4v) is 2.74. The number of nitrogens with zero attached hydrogens (tertiary/aromatic N) is 2. The number of fused-ring (bicyclic) bond motifs is 1. The van der Waals surface area contributed by atoms with Gasteiger partial charge in [-0.05, 0) is 23.5 Å². The number of nitrogens with two attached hydrogens (primary N) is 1. The second-order valence-corrected chi connectivity index (χ2v) is 6.20. The lowest BCUT2D eigenvalue weighted by atomic mass is 10.1. The van der Waals surface area contributed by atoms with Crippen LogP contribution in [0.1, 0.15) is 5.56 Å². The van der Waals surface area contributed by atoms with Crippen molar-refractivity contribution in [3.8, 4) is 11.5 Å². The van der Waals surface area contributed by atoms with Gasteiger partial charge in [-0.15, -0.1) is 0 Å². The summed E-state index contributed by atoms with van der Waals surface area (Å²) in [4.78, 5) is 2.00. The third-order valence-corrected chi connectivity index (χ3v) is 4.03. The third-order valence-electron chi connectivity index (χ3n) is 3.84. The predicted octanol–water partition coefficient (Wildman–Crippen LogP) is 0.783. The molecule has 0 atom stereocenters. The molecule has 1 aliphatic heterocycles. The molecule has 2 N–H and O–H groups in total. The van der Waals surface area contributed by atoms with E-state index in [1.807, 2.05) is 31.1 Å². The number of rotatable bonds is 4. The first-order chi connectivity index (χ1) is 12.0. The summed E-state index contributed by atoms with van der Waals surface area (Å²) in [6.45, 7) is 0.954. The Morgan fingerprint density at radius 2 is 1.76 bits per heavy atom. The van der Waals surface area contributed by atoms with Gasteiger partial charge in [0.1, 0.15) is 13.2 Å². The number of benzene rings is 1. The Bertz CT molecular complexity index is 832. The highest BCUT2D eigenvalue weighted by Crippen LogP contribution is 2.32. The lowest BCUT2D eigenvalue weighted by Crippen LogP contribution is -2.40. The van der Waals surface area contributed by atoms with E-state index >= 15 is 0 Å². The zero-order chi connectivity index (χ0) is 18.0. The van der Waals surface area contributed by atoms with E-state index in [0.29, 0.717) is 30.3 Å². The van der Waals surface area contributed by atoms with Gasteiger partial charge in [-0.3, -0.25) is 0 Å². The van der Waals surface area contributed by atoms with E-state index in [4.69, 9.17) is 27.4 Å². The second kappa shape index (κ2) is 6.98. The van der Waals surface area contributed by atoms with Crippen molar-refractivity contribution in [3.05, 3.63) is 48.3 Å². The van der Waals surface area contributed by atoms with Crippen molar-refractivity contribution in [2.75, 3.05) is 32.2 Å². The minimum Gasteiger partial charge on any atom is -0.867 e. The number of thiocarbonyl (C=S) groups is 1. The molecule has 0 fully saturated rings. The van der Waals surface area contributed by atoms with Crippen LogP contribution >= 0.6 is 12.2 Å². The number of anilines is 1. The molecule has 0 spiro atoms. The van der Waals surface area contributed by atoms with Gasteiger partial charge in [0.05, 0.1) is 0 Å². The molecular formula is C18H19N3O3S. The average molecular weight is 357 g/mol. The number of hydrogen-bond acceptors (Lipinski definition) is 5. The molecular weight excluding hydrogens is 338 g/mol. The summed E-state index contributed by atoms with van der Waals surface area (Å²) in [6.07, 6.45) is 3.53. The van der Waals surface area contributed by atoms with Crippen molar-refractivity contribution < 1.29 is 19.1 Å². The highest BCUT2D eigenvalue weighted by atomic mass is 32.1. The summed E-state index contributed by atoms with van der Waals surface area (Å²) >= 11 is 5.11. The Kier molecular flexibility index (Phi) is 4.76. The molecule has 130 valence electrons. The average Bonchev–Trinajstić information content (AvgIpc) is 2.61. The molecule has 0 unspecified atom stereocenters. The van der Waals surface area contributed by atoms with E-state index in [1.54, 1.807) is 35.2 Å². The van der Waals surface area contributed by atoms with E-state index < -0.39 is 0 Å². The first-order valence-corrected chi connectivity index (χ1v) is 8.18. The maximum absolute atomic E-state index is 13.0. The van der Waals surface area contributed by atoms with Crippen molar-refractivity contribution in [2.45, 2.75) is 0 Å². The molecule has 1 aliphatic rings. The van der Waals surface area contributed by atoms with Crippen LogP contribution in [0.15, 0.2) is 42.7 Å². The van der Waals surface area contributed by atoms with E-state index in [9.17, 15) is 5.11 Å². The fourth-order valence-electron chi connectivity index (χ4n) is 2.54. The molecule has 1 aromatic carbocycles. The predicted molar refractivity (Wildman–Crippen MR) is 98.3 cm³/mol. The van der Waals surface area contributed by atoms with Gasteiger partial charge in [-0.25, -0.2) is 0 Å². The molecule has 2 heterocycles. The van der Waals surface area contributed by atoms with Crippen LogP contribution in [0, 0.1) is 0 Å². The Morgan fingerprint density at radius 3 is 2.36 bits per heavy atom. The minimum absolute atomic E-state index is 0.0301. The van der Waals surface area contributed by atoms with Crippen molar-refractivity contribution in [1.82, 2.24) is 0 Å². The molecule has 0 radical (unpaired) electrons. The molecule has 0 aliphatic carbocycles. The lowest BCUT2D eigenvalue weighted by molar-refractivity contribution is -0.577. The molecule has 1 aromatic heterocycles. The van der Waals surface area contributed by atoms with E-state index in [0.717, 1.165) is 5.69 Å². The quantitative estimate of drug-likeness (QED) is 0.377. The monoisotopic (exact) mass is 357 g/mol. The zero-order valence-corrected chi connectivity index (χ0v) is 14.9. The number of hydrogen-bond donors (Lipinski definition) is 1. The summed E-state index contributed by atoms with van der Waals surface area (Å²) in [6, 6.07) is 8.83. The highest BCUT2D eigenvalue weighted by molar-refractivity contribution is 7.81. The first kappa shape index (κ1) is 17.0. The summed E-state index contributed by atoms with van der Waals surface area (Å²) in [5.74, 6) is 0.905. The maximum atomic E-state index is 13.0. The standard InChI is InChI=1S/C18H19N3O3S/c1-20(2)13-5-7-21(8-6-13)16(18(19)25)17(22)12-3-4-14-15(11-12)24-10-9-23-14/h3-8,11H,9-10H2,1-2H3,(H2-,19,22,25). The SMILES string of the molecule is CN(C)c1cc[n+](C(C(N)=S)=C([O-])c2ccc3c(c2)OCCO3)cc1. The molecule has 6 nitrogen and oxygen atoms in total. The van der Waals surface area contributed by atoms with Gasteiger partial charge in [-0.1, -0.05) is 18.3 Å². The third kappa shape index (κ3) is 3.51. The molecule has 0 saturated heterocycles. The summed E-state index contributed by atoms with van der Waals surface area (Å²) < 4.78 is 12.7. The first-order valence-electron chi connectivity index (χ1n) is 7.77. The smallest absolute Gasteiger partial charge is 0.237 e. The van der Waals surface area contributed by atoms with E-state index in [1.165, 1.54) is 0 Å². The molecule has 3 rings (SSSR count). The van der Waals surface area contributed by atoms with Crippen LogP contribution in [0.2, 0.25) is 0 Å². The second-order valence-electron chi connectivity index (χ2n) is 5.76. The van der Waals surface area contributed by atoms with Crippen LogP contribution in [-0.2, 0) is 0 Å². The van der Waals surface area contributed by atoms with Gasteiger partial charge in [0, 0.05) is 31.9 Å². The van der Waals surface area contributed by atoms with Crippen LogP contribution in [0.25, 0.3) is 11.5 Å². The minimum atomic E-state index is -0.271. The summed E-state index contributed by atoms with van der Waals surface area (Å²) in [5, 5.41) is 13.0. The topological polar surface area (TPSA) is 74.7 Å². The molecule has 0 saturated carbocycles. The maximum Gasteiger partial charge on any atom is 0.237 e. The Morgan fingerprint density at radius 1 is 1.12 bits per heavy atom. The van der Waals surface area contributed by atoms with Gasteiger partial charge >= 0.3 is 0 Å². The molecule has 25 heavy (non-hydrogen) atoms. The molecule has 0 bridgehead atoms. The van der Waals surface area contributed by atoms with Crippen LogP contribution < -0.4 is 29.8 Å². The molecule has 2 aromatic rings. The summed E-state index contributed by atoms with van der Waals surface area (Å²) in [5.41, 5.74) is 7.51. The fraction of sp³-hybridized carbons (Fsp3) is 0.222. The number of ether oxygens (including phenoxy) is 2. The summed E-state index contributed by atoms with van der Waals surface area (Å²) in [7, 11) is 3.89. The van der Waals surface area contributed by atoms with Crippen molar-refractivity contribution >= 4 is 34.3 Å². The Labute approximate surface area is 151 Å².